The molecule has 1 unspecified atom stereocenters. The summed E-state index contributed by atoms with van der Waals surface area (Å²) in [5.74, 6) is -0.346. The van der Waals surface area contributed by atoms with Crippen molar-refractivity contribution >= 4 is 23.3 Å². The molecule has 0 bridgehead atoms. The summed E-state index contributed by atoms with van der Waals surface area (Å²) in [7, 11) is 3.04. The fourth-order valence-electron chi connectivity index (χ4n) is 5.19. The van der Waals surface area contributed by atoms with Crippen LogP contribution in [-0.2, 0) is 14.1 Å². The van der Waals surface area contributed by atoms with Crippen LogP contribution in [-0.4, -0.2) is 25.9 Å². The topological polar surface area (TPSA) is 104 Å². The first kappa shape index (κ1) is 23.4. The number of aryl methyl sites for hydroxylation is 1. The van der Waals surface area contributed by atoms with Gasteiger partial charge < -0.3 is 9.84 Å². The number of benzene rings is 3. The molecule has 0 saturated heterocycles. The van der Waals surface area contributed by atoms with Crippen molar-refractivity contribution in [3.63, 3.8) is 0 Å². The second kappa shape index (κ2) is 8.55. The molecule has 4 aromatic rings. The maximum absolute atomic E-state index is 13.5. The minimum atomic E-state index is -0.666. The lowest BCUT2D eigenvalue weighted by atomic mass is 9.81. The number of aromatic nitrogens is 2. The first-order valence-electron chi connectivity index (χ1n) is 12.1. The minimum absolute atomic E-state index is 0.0736. The molecule has 3 aromatic carbocycles. The van der Waals surface area contributed by atoms with Gasteiger partial charge in [0.2, 0.25) is 0 Å². The van der Waals surface area contributed by atoms with Gasteiger partial charge in [0.05, 0.1) is 24.1 Å². The molecule has 0 saturated carbocycles. The molecule has 0 radical (unpaired) electrons. The third kappa shape index (κ3) is 3.45. The van der Waals surface area contributed by atoms with Crippen LogP contribution in [0, 0.1) is 6.92 Å². The van der Waals surface area contributed by atoms with E-state index in [0.717, 1.165) is 15.7 Å². The monoisotopic (exact) mass is 506 g/mol. The molecule has 6 rings (SSSR count). The second-order valence-electron chi connectivity index (χ2n) is 9.53. The van der Waals surface area contributed by atoms with Gasteiger partial charge in [0.1, 0.15) is 22.8 Å². The molecule has 0 amide bonds. The minimum Gasteiger partial charge on any atom is -0.507 e. The van der Waals surface area contributed by atoms with E-state index in [1.165, 1.54) is 11.6 Å². The van der Waals surface area contributed by atoms with E-state index >= 15 is 0 Å². The van der Waals surface area contributed by atoms with Crippen molar-refractivity contribution in [3.8, 4) is 5.75 Å². The van der Waals surface area contributed by atoms with Crippen molar-refractivity contribution in [1.29, 1.82) is 0 Å². The Morgan fingerprint density at radius 2 is 1.55 bits per heavy atom. The number of nitrogens with zero attached hydrogens (tertiary/aromatic N) is 2. The zero-order chi connectivity index (χ0) is 26.7. The highest BCUT2D eigenvalue weighted by molar-refractivity contribution is 6.21. The summed E-state index contributed by atoms with van der Waals surface area (Å²) in [6.07, 6.45) is 0. The molecule has 2 aliphatic rings. The summed E-state index contributed by atoms with van der Waals surface area (Å²) in [4.78, 5) is 42.1. The highest BCUT2D eigenvalue weighted by Gasteiger charge is 2.44. The fraction of sp³-hybridized carbons (Fsp3) is 0.133. The van der Waals surface area contributed by atoms with Crippen LogP contribution in [0.1, 0.15) is 44.1 Å². The molecular weight excluding hydrogens is 482 g/mol. The van der Waals surface area contributed by atoms with Gasteiger partial charge in [-0.3, -0.25) is 4.79 Å². The van der Waals surface area contributed by atoms with Crippen LogP contribution in [0.2, 0.25) is 0 Å². The molecule has 1 atom stereocenters. The van der Waals surface area contributed by atoms with Crippen LogP contribution < -0.4 is 21.0 Å². The number of rotatable bonds is 3. The Labute approximate surface area is 217 Å². The largest absolute Gasteiger partial charge is 0.507 e. The number of carbonyl (C=O) groups excluding carboxylic acids is 1. The van der Waals surface area contributed by atoms with Crippen molar-refractivity contribution < 1.29 is 19.6 Å². The Bertz CT molecular complexity index is 1820. The summed E-state index contributed by atoms with van der Waals surface area (Å²) < 4.78 is 8.03. The van der Waals surface area contributed by atoms with E-state index in [9.17, 15) is 19.5 Å². The summed E-state index contributed by atoms with van der Waals surface area (Å²) in [5.41, 5.74) is 4.25. The maximum atomic E-state index is 13.5. The van der Waals surface area contributed by atoms with E-state index in [4.69, 9.17) is 4.74 Å². The average molecular weight is 507 g/mol. The predicted molar refractivity (Wildman–Crippen MR) is 142 cm³/mol. The van der Waals surface area contributed by atoms with Crippen molar-refractivity contribution in [2.75, 3.05) is 0 Å². The Kier molecular flexibility index (Phi) is 5.27. The van der Waals surface area contributed by atoms with E-state index in [0.29, 0.717) is 45.1 Å². The van der Waals surface area contributed by atoms with Crippen LogP contribution in [0.25, 0.3) is 5.76 Å². The zero-order valence-corrected chi connectivity index (χ0v) is 21.0. The predicted octanol–water partition coefficient (Wildman–Crippen LogP) is 2.24. The maximum Gasteiger partial charge on any atom is 0.417 e. The van der Waals surface area contributed by atoms with Crippen molar-refractivity contribution in [2.45, 2.75) is 12.8 Å². The number of hydrogen-bond donors (Lipinski definition) is 2. The van der Waals surface area contributed by atoms with Gasteiger partial charge >= 0.3 is 11.7 Å². The SMILES string of the molecule is Cc1ccc(C(=O)Oc2ccc(C3C4=C(O)c5ccccc5C4=[NH+]c4c3c(=O)n(C)c(=O)n4C)cc2)cc1. The molecule has 38 heavy (non-hydrogen) atoms. The van der Waals surface area contributed by atoms with E-state index in [1.54, 1.807) is 43.4 Å². The van der Waals surface area contributed by atoms with Crippen LogP contribution >= 0.6 is 0 Å². The smallest absolute Gasteiger partial charge is 0.417 e. The Morgan fingerprint density at radius 1 is 0.895 bits per heavy atom. The number of aliphatic hydroxyl groups excluding tert-OH is 1. The molecule has 1 aliphatic carbocycles. The molecule has 8 heteroatoms. The molecular formula is C30H24N3O5+. The van der Waals surface area contributed by atoms with Crippen LogP contribution in [0.5, 0.6) is 5.75 Å². The number of esters is 1. The van der Waals surface area contributed by atoms with Gasteiger partial charge in [-0.1, -0.05) is 48.0 Å². The lowest BCUT2D eigenvalue weighted by molar-refractivity contribution is -0.364. The van der Waals surface area contributed by atoms with E-state index < -0.39 is 23.1 Å². The van der Waals surface area contributed by atoms with E-state index in [2.05, 4.69) is 4.99 Å². The highest BCUT2D eigenvalue weighted by Crippen LogP contribution is 2.43. The highest BCUT2D eigenvalue weighted by atomic mass is 16.5. The zero-order valence-electron chi connectivity index (χ0n) is 21.0. The number of ether oxygens (including phenoxy) is 1. The summed E-state index contributed by atoms with van der Waals surface area (Å²) >= 11 is 0. The lowest BCUT2D eigenvalue weighted by Crippen LogP contribution is -2.73. The van der Waals surface area contributed by atoms with Crippen LogP contribution in [0.15, 0.2) is 88.0 Å². The third-order valence-corrected chi connectivity index (χ3v) is 7.21. The standard InChI is InChI=1S/C30H23N3O5/c1-16-8-10-18(11-9-16)29(36)38-19-14-12-17(13-15-19)22-23-25(20-6-4-5-7-21(20)26(23)34)31-27-24(22)28(35)33(3)30(37)32(27)2/h4-15,22,34H,1-3H3/p+1. The van der Waals surface area contributed by atoms with Crippen LogP contribution in [0.3, 0.4) is 0 Å². The van der Waals surface area contributed by atoms with E-state index in [1.807, 2.05) is 43.3 Å². The van der Waals surface area contributed by atoms with Gasteiger partial charge in [-0.05, 0) is 42.8 Å². The second-order valence-corrected chi connectivity index (χ2v) is 9.53. The summed E-state index contributed by atoms with van der Waals surface area (Å²) in [5, 5.41) is 11.3. The van der Waals surface area contributed by atoms with Gasteiger partial charge in [0.25, 0.3) is 11.4 Å². The van der Waals surface area contributed by atoms with Gasteiger partial charge in [0.15, 0.2) is 0 Å². The summed E-state index contributed by atoms with van der Waals surface area (Å²) in [6.45, 7) is 1.94. The van der Waals surface area contributed by atoms with Crippen molar-refractivity contribution in [2.24, 2.45) is 14.1 Å². The molecule has 1 aromatic heterocycles. The number of carbonyl (C=O) groups is 1. The van der Waals surface area contributed by atoms with E-state index in [-0.39, 0.29) is 5.76 Å². The first-order valence-corrected chi connectivity index (χ1v) is 12.1. The quantitative estimate of drug-likeness (QED) is 0.328. The summed E-state index contributed by atoms with van der Waals surface area (Å²) in [6, 6.07) is 21.4. The molecule has 2 heterocycles. The molecule has 1 aliphatic heterocycles. The molecule has 0 spiro atoms. The normalized spacial score (nSPS) is 15.4. The van der Waals surface area contributed by atoms with Crippen molar-refractivity contribution in [3.05, 3.63) is 133 Å². The number of aliphatic hydroxyl groups is 1. The Hall–Kier alpha value is -4.98. The van der Waals surface area contributed by atoms with Gasteiger partial charge in [0, 0.05) is 18.2 Å². The van der Waals surface area contributed by atoms with Gasteiger partial charge in [-0.15, -0.1) is 0 Å². The van der Waals surface area contributed by atoms with Gasteiger partial charge in [-0.25, -0.2) is 19.1 Å². The molecule has 8 nitrogen and oxygen atoms in total. The number of fused-ring (bicyclic) bond motifs is 4. The molecule has 0 fully saturated rings. The average Bonchev–Trinajstić information content (AvgIpc) is 3.22. The first-order chi connectivity index (χ1) is 18.3. The number of hydrogen-bond acceptors (Lipinski definition) is 5. The third-order valence-electron chi connectivity index (χ3n) is 7.21. The van der Waals surface area contributed by atoms with Gasteiger partial charge in [-0.2, -0.15) is 4.57 Å². The van der Waals surface area contributed by atoms with Crippen molar-refractivity contribution in [1.82, 2.24) is 9.13 Å². The lowest BCUT2D eigenvalue weighted by Gasteiger charge is -2.24. The number of nitrogens with one attached hydrogen (secondary N) is 1. The van der Waals surface area contributed by atoms with Crippen LogP contribution in [0.4, 0.5) is 5.82 Å². The fourth-order valence-corrected chi connectivity index (χ4v) is 5.19. The molecule has 188 valence electrons. The Balaban J connectivity index is 1.48. The molecule has 2 N–H and O–H groups in total. The Morgan fingerprint density at radius 3 is 2.24 bits per heavy atom. The number of allylic oxidation sites excluding steroid dienone is 1.